The average Bonchev–Trinajstić information content (AvgIpc) is 3.01. The van der Waals surface area contributed by atoms with Crippen LogP contribution in [0.2, 0.25) is 0 Å². The van der Waals surface area contributed by atoms with Gasteiger partial charge in [-0.15, -0.1) is 12.4 Å². The molecule has 2 N–H and O–H groups in total. The molecule has 2 aromatic rings. The van der Waals surface area contributed by atoms with Gasteiger partial charge in [0.1, 0.15) is 6.04 Å². The zero-order valence-electron chi connectivity index (χ0n) is 18.3. The molecular formula is C23H30ClN3O4. The Morgan fingerprint density at radius 2 is 1.90 bits per heavy atom. The molecular weight excluding hydrogens is 418 g/mol. The molecule has 0 saturated heterocycles. The topological polar surface area (TPSA) is 85.1 Å². The van der Waals surface area contributed by atoms with Crippen molar-refractivity contribution in [2.75, 3.05) is 34.4 Å². The fourth-order valence-corrected chi connectivity index (χ4v) is 3.96. The molecule has 0 saturated carbocycles. The summed E-state index contributed by atoms with van der Waals surface area (Å²) in [4.78, 5) is 29.5. The second-order valence-electron chi connectivity index (χ2n) is 7.56. The highest BCUT2D eigenvalue weighted by atomic mass is 35.5. The lowest BCUT2D eigenvalue weighted by molar-refractivity contribution is -0.123. The average molecular weight is 448 g/mol. The van der Waals surface area contributed by atoms with Crippen molar-refractivity contribution in [2.45, 2.75) is 25.4 Å². The van der Waals surface area contributed by atoms with Crippen molar-refractivity contribution < 1.29 is 19.1 Å². The van der Waals surface area contributed by atoms with Crippen molar-refractivity contribution >= 4 is 24.2 Å². The van der Waals surface area contributed by atoms with Crippen molar-refractivity contribution in [2.24, 2.45) is 5.73 Å². The van der Waals surface area contributed by atoms with Crippen LogP contribution in [0.1, 0.15) is 46.9 Å². The summed E-state index contributed by atoms with van der Waals surface area (Å²) < 4.78 is 11.1. The normalized spacial score (nSPS) is 16.0. The predicted molar refractivity (Wildman–Crippen MR) is 122 cm³/mol. The summed E-state index contributed by atoms with van der Waals surface area (Å²) in [5, 5.41) is 0. The van der Waals surface area contributed by atoms with Gasteiger partial charge in [-0.25, -0.2) is 0 Å². The van der Waals surface area contributed by atoms with Gasteiger partial charge in [-0.3, -0.25) is 9.59 Å². The molecule has 8 heteroatoms. The van der Waals surface area contributed by atoms with E-state index in [9.17, 15) is 9.59 Å². The van der Waals surface area contributed by atoms with Crippen LogP contribution in [0.4, 0.5) is 0 Å². The second kappa shape index (κ2) is 10.5. The van der Waals surface area contributed by atoms with Gasteiger partial charge in [0.05, 0.1) is 19.8 Å². The third kappa shape index (κ3) is 4.94. The molecule has 7 nitrogen and oxygen atoms in total. The molecule has 0 aromatic heterocycles. The zero-order chi connectivity index (χ0) is 21.8. The summed E-state index contributed by atoms with van der Waals surface area (Å²) in [6.45, 7) is 3.12. The van der Waals surface area contributed by atoms with Crippen LogP contribution in [0.25, 0.3) is 0 Å². The van der Waals surface area contributed by atoms with E-state index in [0.29, 0.717) is 35.7 Å². The number of rotatable bonds is 9. The maximum Gasteiger partial charge on any atom is 0.255 e. The van der Waals surface area contributed by atoms with Gasteiger partial charge in [-0.2, -0.15) is 0 Å². The molecule has 0 bridgehead atoms. The van der Waals surface area contributed by atoms with Crippen molar-refractivity contribution in [3.63, 3.8) is 0 Å². The van der Waals surface area contributed by atoms with E-state index in [2.05, 4.69) is 0 Å². The fraction of sp³-hybridized carbons (Fsp3) is 0.391. The Labute approximate surface area is 189 Å². The Morgan fingerprint density at radius 3 is 2.52 bits per heavy atom. The molecule has 0 aliphatic carbocycles. The Hall–Kier alpha value is -2.77. The molecule has 2 aromatic carbocycles. The van der Waals surface area contributed by atoms with Crippen LogP contribution in [0.15, 0.2) is 42.5 Å². The van der Waals surface area contributed by atoms with Crippen molar-refractivity contribution in [3.05, 3.63) is 59.2 Å². The Bertz CT molecular complexity index is 935. The minimum atomic E-state index is -0.807. The van der Waals surface area contributed by atoms with Crippen LogP contribution < -0.4 is 15.2 Å². The lowest BCUT2D eigenvalue weighted by Gasteiger charge is -2.33. The smallest absolute Gasteiger partial charge is 0.255 e. The molecule has 1 aliphatic rings. The molecule has 0 fully saturated rings. The number of hydrogen-bond acceptors (Lipinski definition) is 5. The van der Waals surface area contributed by atoms with Gasteiger partial charge in [-0.05, 0) is 63.3 Å². The number of carbonyl (C=O) groups excluding carboxylic acids is 2. The van der Waals surface area contributed by atoms with Crippen LogP contribution >= 0.6 is 12.4 Å². The summed E-state index contributed by atoms with van der Waals surface area (Å²) in [5.74, 6) is 0.496. The van der Waals surface area contributed by atoms with Gasteiger partial charge in [0.15, 0.2) is 11.5 Å². The SMILES string of the molecule is CCOc1cc(C(CCN(C)C)N2C(=O)c3ccccc3C2C(N)=O)ccc1OC.Cl. The number of halogens is 1. The highest BCUT2D eigenvalue weighted by Crippen LogP contribution is 2.42. The standard InChI is InChI=1S/C23H29N3O4.ClH/c1-5-30-20-14-15(10-11-19(20)29-4)18(12-13-25(2)3)26-21(22(24)27)16-8-6-7-9-17(16)23(26)28;/h6-11,14,18,21H,5,12-13H2,1-4H3,(H2,24,27);1H. The third-order valence-corrected chi connectivity index (χ3v) is 5.33. The van der Waals surface area contributed by atoms with Gasteiger partial charge in [0, 0.05) is 5.56 Å². The largest absolute Gasteiger partial charge is 0.493 e. The molecule has 31 heavy (non-hydrogen) atoms. The minimum Gasteiger partial charge on any atom is -0.493 e. The van der Waals surface area contributed by atoms with Crippen LogP contribution in [0.3, 0.4) is 0 Å². The predicted octanol–water partition coefficient (Wildman–Crippen LogP) is 3.19. The highest BCUT2D eigenvalue weighted by molar-refractivity contribution is 6.04. The Balaban J connectivity index is 0.00000341. The first-order chi connectivity index (χ1) is 14.4. The summed E-state index contributed by atoms with van der Waals surface area (Å²) in [6, 6.07) is 11.6. The molecule has 3 rings (SSSR count). The number of nitrogens with two attached hydrogens (primary N) is 1. The summed E-state index contributed by atoms with van der Waals surface area (Å²) in [5.41, 5.74) is 7.82. The molecule has 0 radical (unpaired) electrons. The summed E-state index contributed by atoms with van der Waals surface area (Å²) in [6.07, 6.45) is 0.633. The van der Waals surface area contributed by atoms with E-state index in [1.165, 1.54) is 0 Å². The van der Waals surface area contributed by atoms with Crippen LogP contribution in [0.5, 0.6) is 11.5 Å². The number of fused-ring (bicyclic) bond motifs is 1. The number of amides is 2. The second-order valence-corrected chi connectivity index (χ2v) is 7.56. The van der Waals surface area contributed by atoms with E-state index < -0.39 is 11.9 Å². The van der Waals surface area contributed by atoms with E-state index in [0.717, 1.165) is 12.1 Å². The van der Waals surface area contributed by atoms with Crippen molar-refractivity contribution in [1.82, 2.24) is 9.80 Å². The van der Waals surface area contributed by atoms with Gasteiger partial charge >= 0.3 is 0 Å². The highest BCUT2D eigenvalue weighted by Gasteiger charge is 2.44. The van der Waals surface area contributed by atoms with Gasteiger partial charge in [0.2, 0.25) is 5.91 Å². The van der Waals surface area contributed by atoms with Crippen LogP contribution in [-0.4, -0.2) is 56.0 Å². The van der Waals surface area contributed by atoms with Gasteiger partial charge in [0.25, 0.3) is 5.91 Å². The van der Waals surface area contributed by atoms with E-state index in [4.69, 9.17) is 15.2 Å². The zero-order valence-corrected chi connectivity index (χ0v) is 19.1. The number of hydrogen-bond donors (Lipinski definition) is 1. The number of primary amides is 1. The van der Waals surface area contributed by atoms with Crippen molar-refractivity contribution in [1.29, 1.82) is 0 Å². The summed E-state index contributed by atoms with van der Waals surface area (Å²) in [7, 11) is 5.54. The van der Waals surface area contributed by atoms with E-state index >= 15 is 0 Å². The molecule has 2 unspecified atom stereocenters. The van der Waals surface area contributed by atoms with Crippen LogP contribution in [0, 0.1) is 0 Å². The monoisotopic (exact) mass is 447 g/mol. The number of carbonyl (C=O) groups is 2. The Kier molecular flexibility index (Phi) is 8.30. The minimum absolute atomic E-state index is 0. The number of ether oxygens (including phenoxy) is 2. The quantitative estimate of drug-likeness (QED) is 0.638. The maximum atomic E-state index is 13.4. The lowest BCUT2D eigenvalue weighted by Crippen LogP contribution is -2.39. The molecule has 168 valence electrons. The molecule has 2 amide bonds. The van der Waals surface area contributed by atoms with Crippen molar-refractivity contribution in [3.8, 4) is 11.5 Å². The Morgan fingerprint density at radius 1 is 1.19 bits per heavy atom. The number of benzene rings is 2. The molecule has 2 atom stereocenters. The van der Waals surface area contributed by atoms with E-state index in [-0.39, 0.29) is 24.4 Å². The first-order valence-corrected chi connectivity index (χ1v) is 10.0. The van der Waals surface area contributed by atoms with Gasteiger partial charge < -0.3 is 25.0 Å². The third-order valence-electron chi connectivity index (χ3n) is 5.33. The first-order valence-electron chi connectivity index (χ1n) is 10.0. The van der Waals surface area contributed by atoms with Crippen LogP contribution in [-0.2, 0) is 4.79 Å². The maximum absolute atomic E-state index is 13.4. The van der Waals surface area contributed by atoms with E-state index in [1.807, 2.05) is 50.2 Å². The fourth-order valence-electron chi connectivity index (χ4n) is 3.96. The first kappa shape index (κ1) is 24.5. The van der Waals surface area contributed by atoms with Gasteiger partial charge in [-0.1, -0.05) is 24.3 Å². The summed E-state index contributed by atoms with van der Waals surface area (Å²) >= 11 is 0. The molecule has 1 heterocycles. The lowest BCUT2D eigenvalue weighted by atomic mass is 9.98. The van der Waals surface area contributed by atoms with E-state index in [1.54, 1.807) is 30.2 Å². The molecule has 1 aliphatic heterocycles. The number of nitrogens with zero attached hydrogens (tertiary/aromatic N) is 2. The number of methoxy groups -OCH3 is 1. The molecule has 0 spiro atoms.